The summed E-state index contributed by atoms with van der Waals surface area (Å²) < 4.78 is 24.6. The Morgan fingerprint density at radius 2 is 1.89 bits per heavy atom. The highest BCUT2D eigenvalue weighted by molar-refractivity contribution is 7.89. The molecule has 1 aromatic carbocycles. The summed E-state index contributed by atoms with van der Waals surface area (Å²) in [5.41, 5.74) is 6.29. The number of halogens is 1. The van der Waals surface area contributed by atoms with Gasteiger partial charge in [-0.2, -0.15) is 0 Å². The van der Waals surface area contributed by atoms with Gasteiger partial charge in [0.2, 0.25) is 15.9 Å². The van der Waals surface area contributed by atoms with Crippen LogP contribution in [-0.2, 0) is 16.6 Å². The van der Waals surface area contributed by atoms with Crippen molar-refractivity contribution >= 4 is 27.5 Å². The zero-order valence-electron chi connectivity index (χ0n) is 9.97. The van der Waals surface area contributed by atoms with E-state index in [1.54, 1.807) is 24.3 Å². The molecule has 0 aliphatic heterocycles. The van der Waals surface area contributed by atoms with Crippen LogP contribution in [0.4, 0.5) is 0 Å². The average molecular weight is 291 g/mol. The first-order chi connectivity index (χ1) is 8.36. The van der Waals surface area contributed by atoms with Gasteiger partial charge in [-0.05, 0) is 17.7 Å². The number of benzene rings is 1. The predicted molar refractivity (Wildman–Crippen MR) is 70.9 cm³/mol. The van der Waals surface area contributed by atoms with E-state index in [0.29, 0.717) is 5.56 Å². The monoisotopic (exact) mass is 290 g/mol. The zero-order valence-corrected chi connectivity index (χ0v) is 11.5. The lowest BCUT2D eigenvalue weighted by Crippen LogP contribution is -2.29. The number of alkyl halides is 1. The first-order valence-electron chi connectivity index (χ1n) is 5.25. The molecular formula is C11H15ClN2O3S. The Kier molecular flexibility index (Phi) is 5.13. The van der Waals surface area contributed by atoms with E-state index in [0.717, 1.165) is 5.56 Å². The highest BCUT2D eigenvalue weighted by Crippen LogP contribution is 2.09. The molecule has 0 heterocycles. The summed E-state index contributed by atoms with van der Waals surface area (Å²) in [7, 11) is -1.84. The molecule has 100 valence electrons. The van der Waals surface area contributed by atoms with Crippen molar-refractivity contribution in [1.29, 1.82) is 0 Å². The van der Waals surface area contributed by atoms with Crippen molar-refractivity contribution in [3.63, 3.8) is 0 Å². The third-order valence-electron chi connectivity index (χ3n) is 2.45. The molecule has 0 radical (unpaired) electrons. The number of nitrogens with zero attached hydrogens (tertiary/aromatic N) is 1. The van der Waals surface area contributed by atoms with Crippen LogP contribution in [0.15, 0.2) is 24.3 Å². The van der Waals surface area contributed by atoms with Gasteiger partial charge in [0, 0.05) is 25.0 Å². The average Bonchev–Trinajstić information content (AvgIpc) is 2.29. The van der Waals surface area contributed by atoms with Crippen molar-refractivity contribution in [1.82, 2.24) is 4.31 Å². The van der Waals surface area contributed by atoms with Gasteiger partial charge < -0.3 is 5.73 Å². The molecule has 0 fully saturated rings. The minimum absolute atomic E-state index is 0.0628. The van der Waals surface area contributed by atoms with E-state index in [1.807, 2.05) is 0 Å². The fourth-order valence-electron chi connectivity index (χ4n) is 1.38. The molecule has 1 rings (SSSR count). The van der Waals surface area contributed by atoms with Gasteiger partial charge in [-0.15, -0.1) is 11.6 Å². The molecule has 0 bridgehead atoms. The molecule has 0 unspecified atom stereocenters. The number of carbonyl (C=O) groups excluding carboxylic acids is 1. The molecule has 5 nitrogen and oxygen atoms in total. The molecule has 0 saturated heterocycles. The molecule has 0 atom stereocenters. The maximum Gasteiger partial charge on any atom is 0.248 e. The molecule has 7 heteroatoms. The van der Waals surface area contributed by atoms with Gasteiger partial charge in [0.15, 0.2) is 0 Å². The summed E-state index contributed by atoms with van der Waals surface area (Å²) in [4.78, 5) is 10.9. The lowest BCUT2D eigenvalue weighted by atomic mass is 10.1. The molecule has 1 aromatic rings. The van der Waals surface area contributed by atoms with Gasteiger partial charge >= 0.3 is 0 Å². The van der Waals surface area contributed by atoms with E-state index in [4.69, 9.17) is 17.3 Å². The topological polar surface area (TPSA) is 80.5 Å². The number of primary amides is 1. The molecule has 18 heavy (non-hydrogen) atoms. The van der Waals surface area contributed by atoms with E-state index in [2.05, 4.69) is 0 Å². The number of amides is 1. The zero-order chi connectivity index (χ0) is 13.8. The second kappa shape index (κ2) is 6.17. The summed E-state index contributed by atoms with van der Waals surface area (Å²) >= 11 is 5.43. The standard InChI is InChI=1S/C11H15ClN2O3S/c1-14(18(16,17)7-6-12)8-9-2-4-10(5-3-9)11(13)15/h2-5H,6-8H2,1H3,(H2,13,15). The van der Waals surface area contributed by atoms with E-state index in [1.165, 1.54) is 11.4 Å². The van der Waals surface area contributed by atoms with Crippen LogP contribution in [0, 0.1) is 0 Å². The van der Waals surface area contributed by atoms with Crippen LogP contribution in [0.1, 0.15) is 15.9 Å². The van der Waals surface area contributed by atoms with Gasteiger partial charge in [0.1, 0.15) is 0 Å². The highest BCUT2D eigenvalue weighted by Gasteiger charge is 2.17. The van der Waals surface area contributed by atoms with Gasteiger partial charge in [0.05, 0.1) is 5.75 Å². The minimum atomic E-state index is -3.33. The maximum absolute atomic E-state index is 11.7. The third kappa shape index (κ3) is 3.97. The van der Waals surface area contributed by atoms with Crippen molar-refractivity contribution in [3.8, 4) is 0 Å². The third-order valence-corrected chi connectivity index (χ3v) is 4.67. The largest absolute Gasteiger partial charge is 0.366 e. The van der Waals surface area contributed by atoms with E-state index >= 15 is 0 Å². The predicted octanol–water partition coefficient (Wildman–Crippen LogP) is 0.786. The number of hydrogen-bond acceptors (Lipinski definition) is 3. The number of sulfonamides is 1. The van der Waals surface area contributed by atoms with E-state index < -0.39 is 15.9 Å². The molecule has 0 spiro atoms. The van der Waals surface area contributed by atoms with Crippen LogP contribution in [0.5, 0.6) is 0 Å². The highest BCUT2D eigenvalue weighted by atomic mass is 35.5. The number of carbonyl (C=O) groups is 1. The Morgan fingerprint density at radius 1 is 1.33 bits per heavy atom. The molecule has 0 aromatic heterocycles. The smallest absolute Gasteiger partial charge is 0.248 e. The minimum Gasteiger partial charge on any atom is -0.366 e. The summed E-state index contributed by atoms with van der Waals surface area (Å²) in [6.07, 6.45) is 0. The molecule has 0 saturated carbocycles. The Bertz CT molecular complexity index is 514. The summed E-state index contributed by atoms with van der Waals surface area (Å²) in [5, 5.41) is 0. The lowest BCUT2D eigenvalue weighted by molar-refractivity contribution is 0.100. The van der Waals surface area contributed by atoms with Crippen LogP contribution in [0.25, 0.3) is 0 Å². The van der Waals surface area contributed by atoms with E-state index in [-0.39, 0.29) is 18.2 Å². The van der Waals surface area contributed by atoms with Crippen molar-refractivity contribution in [3.05, 3.63) is 35.4 Å². The summed E-state index contributed by atoms with van der Waals surface area (Å²) in [6, 6.07) is 6.49. The fraction of sp³-hybridized carbons (Fsp3) is 0.364. The Morgan fingerprint density at radius 3 is 2.33 bits per heavy atom. The molecular weight excluding hydrogens is 276 g/mol. The number of hydrogen-bond donors (Lipinski definition) is 1. The number of nitrogens with two attached hydrogens (primary N) is 1. The van der Waals surface area contributed by atoms with Gasteiger partial charge in [-0.3, -0.25) is 4.79 Å². The second-order valence-corrected chi connectivity index (χ2v) is 6.40. The van der Waals surface area contributed by atoms with Crippen LogP contribution in [0.2, 0.25) is 0 Å². The summed E-state index contributed by atoms with van der Waals surface area (Å²) in [6.45, 7) is 0.234. The van der Waals surface area contributed by atoms with Crippen molar-refractivity contribution < 1.29 is 13.2 Å². The van der Waals surface area contributed by atoms with E-state index in [9.17, 15) is 13.2 Å². The SMILES string of the molecule is CN(Cc1ccc(C(N)=O)cc1)S(=O)(=O)CCCl. The van der Waals surface area contributed by atoms with Crippen molar-refractivity contribution in [2.45, 2.75) is 6.54 Å². The Labute approximate surface area is 112 Å². The molecule has 2 N–H and O–H groups in total. The maximum atomic E-state index is 11.7. The molecule has 0 aliphatic carbocycles. The Hall–Kier alpha value is -1.11. The van der Waals surface area contributed by atoms with Crippen LogP contribution in [0.3, 0.4) is 0 Å². The molecule has 0 aliphatic rings. The molecule has 1 amide bonds. The van der Waals surface area contributed by atoms with Gasteiger partial charge in [0.25, 0.3) is 0 Å². The van der Waals surface area contributed by atoms with Crippen LogP contribution in [-0.4, -0.2) is 37.3 Å². The first-order valence-corrected chi connectivity index (χ1v) is 7.40. The second-order valence-electron chi connectivity index (χ2n) is 3.82. The number of rotatable bonds is 6. The van der Waals surface area contributed by atoms with Crippen molar-refractivity contribution in [2.75, 3.05) is 18.7 Å². The first kappa shape index (κ1) is 14.9. The van der Waals surface area contributed by atoms with Crippen LogP contribution >= 0.6 is 11.6 Å². The summed E-state index contributed by atoms with van der Waals surface area (Å²) in [5.74, 6) is -0.540. The van der Waals surface area contributed by atoms with Crippen molar-refractivity contribution in [2.24, 2.45) is 5.73 Å². The lowest BCUT2D eigenvalue weighted by Gasteiger charge is -2.16. The van der Waals surface area contributed by atoms with Gasteiger partial charge in [-0.25, -0.2) is 12.7 Å². The fourth-order valence-corrected chi connectivity index (χ4v) is 2.82. The Balaban J connectivity index is 2.76. The van der Waals surface area contributed by atoms with Crippen LogP contribution < -0.4 is 5.73 Å². The van der Waals surface area contributed by atoms with Gasteiger partial charge in [-0.1, -0.05) is 12.1 Å². The normalized spacial score (nSPS) is 11.7. The quantitative estimate of drug-likeness (QED) is 0.787.